The second kappa shape index (κ2) is 11.3. The third-order valence-corrected chi connectivity index (χ3v) is 4.38. The fourth-order valence-electron chi connectivity index (χ4n) is 3.20. The number of rotatable bonds is 7. The van der Waals surface area contributed by atoms with Crippen molar-refractivity contribution < 1.29 is 52.8 Å². The van der Waals surface area contributed by atoms with Crippen molar-refractivity contribution in [2.45, 2.75) is 58.3 Å². The van der Waals surface area contributed by atoms with Gasteiger partial charge in [0.25, 0.3) is 0 Å². The Hall–Kier alpha value is -3.67. The van der Waals surface area contributed by atoms with Crippen LogP contribution in [0.1, 0.15) is 38.1 Å². The summed E-state index contributed by atoms with van der Waals surface area (Å²) in [6.45, 7) is 4.09. The van der Waals surface area contributed by atoms with Gasteiger partial charge < -0.3 is 34.1 Å². The second-order valence-corrected chi connectivity index (χ2v) is 7.18. The molecule has 33 heavy (non-hydrogen) atoms. The number of nitrogens with one attached hydrogen (secondary N) is 1. The van der Waals surface area contributed by atoms with Gasteiger partial charge in [-0.05, 0) is 18.2 Å². The summed E-state index contributed by atoms with van der Waals surface area (Å²) in [4.78, 5) is 59.3. The second-order valence-electron chi connectivity index (χ2n) is 7.18. The Morgan fingerprint density at radius 1 is 0.939 bits per heavy atom. The number of amides is 1. The molecule has 2 N–H and O–H groups in total. The average Bonchev–Trinajstić information content (AvgIpc) is 2.69. The summed E-state index contributed by atoms with van der Waals surface area (Å²) in [6, 6.07) is 4.01. The first-order valence-corrected chi connectivity index (χ1v) is 9.88. The largest absolute Gasteiger partial charge is 0.508 e. The van der Waals surface area contributed by atoms with Crippen molar-refractivity contribution in [2.75, 3.05) is 6.61 Å². The number of carbonyl (C=O) groups excluding carboxylic acids is 5. The molecular weight excluding hydrogens is 442 g/mol. The first-order valence-electron chi connectivity index (χ1n) is 9.88. The molecule has 0 radical (unpaired) electrons. The molecule has 2 rings (SSSR count). The minimum atomic E-state index is -1.54. The van der Waals surface area contributed by atoms with Gasteiger partial charge in [0.05, 0.1) is 5.56 Å². The Bertz CT molecular complexity index is 915. The quantitative estimate of drug-likeness (QED) is 0.416. The SMILES string of the molecule is CC(=O)N[C@H]1[C@H](OC(=O)c2cccc(O)c2)O[C@H](COC(C)=O)[C@@H](OC(C)=O)[C@@H]1OC(C)=O. The van der Waals surface area contributed by atoms with Crippen LogP contribution in [0.3, 0.4) is 0 Å². The Kier molecular flexibility index (Phi) is 8.74. The molecule has 180 valence electrons. The molecule has 0 saturated carbocycles. The number of phenolic OH excluding ortho intramolecular Hbond substituents is 1. The number of hydrogen-bond donors (Lipinski definition) is 2. The van der Waals surface area contributed by atoms with E-state index in [9.17, 15) is 29.1 Å². The van der Waals surface area contributed by atoms with Crippen molar-refractivity contribution in [2.24, 2.45) is 0 Å². The molecule has 5 atom stereocenters. The molecular formula is C21H25NO11. The number of benzene rings is 1. The van der Waals surface area contributed by atoms with E-state index in [-0.39, 0.29) is 11.3 Å². The molecule has 1 aliphatic rings. The summed E-state index contributed by atoms with van der Waals surface area (Å²) in [5.41, 5.74) is -0.0251. The minimum absolute atomic E-state index is 0.0251. The lowest BCUT2D eigenvalue weighted by Gasteiger charge is -2.44. The first-order chi connectivity index (χ1) is 15.5. The van der Waals surface area contributed by atoms with Crippen molar-refractivity contribution in [3.05, 3.63) is 29.8 Å². The Balaban J connectivity index is 2.43. The molecule has 1 aliphatic heterocycles. The van der Waals surface area contributed by atoms with E-state index < -0.39 is 67.0 Å². The topological polar surface area (TPSA) is 164 Å². The molecule has 0 spiro atoms. The summed E-state index contributed by atoms with van der Waals surface area (Å²) in [5.74, 6) is -3.90. The van der Waals surface area contributed by atoms with Gasteiger partial charge in [0.2, 0.25) is 12.2 Å². The minimum Gasteiger partial charge on any atom is -0.508 e. The molecule has 12 heteroatoms. The molecule has 1 fully saturated rings. The Morgan fingerprint density at radius 3 is 2.12 bits per heavy atom. The van der Waals surface area contributed by atoms with Crippen molar-refractivity contribution in [3.63, 3.8) is 0 Å². The van der Waals surface area contributed by atoms with E-state index in [1.54, 1.807) is 0 Å². The van der Waals surface area contributed by atoms with Crippen LogP contribution >= 0.6 is 0 Å². The predicted molar refractivity (Wildman–Crippen MR) is 108 cm³/mol. The fraction of sp³-hybridized carbons (Fsp3) is 0.476. The summed E-state index contributed by atoms with van der Waals surface area (Å²) >= 11 is 0. The van der Waals surface area contributed by atoms with Gasteiger partial charge in [0.1, 0.15) is 24.5 Å². The zero-order valence-electron chi connectivity index (χ0n) is 18.4. The van der Waals surface area contributed by atoms with Crippen molar-refractivity contribution >= 4 is 29.8 Å². The molecule has 1 saturated heterocycles. The lowest BCUT2D eigenvalue weighted by Crippen LogP contribution is -2.66. The third kappa shape index (κ3) is 7.45. The van der Waals surface area contributed by atoms with Gasteiger partial charge in [-0.25, -0.2) is 4.79 Å². The number of hydrogen-bond acceptors (Lipinski definition) is 11. The van der Waals surface area contributed by atoms with Gasteiger partial charge >= 0.3 is 23.9 Å². The van der Waals surface area contributed by atoms with Crippen LogP contribution in [0.25, 0.3) is 0 Å². The zero-order valence-corrected chi connectivity index (χ0v) is 18.4. The van der Waals surface area contributed by atoms with E-state index in [0.717, 1.165) is 26.8 Å². The highest BCUT2D eigenvalue weighted by atomic mass is 16.7. The van der Waals surface area contributed by atoms with E-state index in [1.807, 2.05) is 0 Å². The molecule has 1 aromatic carbocycles. The standard InChI is InChI=1S/C21H25NO11/c1-10(23)22-17-19(31-13(4)26)18(30-12(3)25)16(9-29-11(2)24)32-21(17)33-20(28)14-6-5-7-15(27)8-14/h5-8,16-19,21,27H,9H2,1-4H3,(H,22,23)/t16-,17-,18-,19-,21+/m1/s1. The summed E-state index contributed by atoms with van der Waals surface area (Å²) in [5, 5.41) is 12.1. The van der Waals surface area contributed by atoms with Gasteiger partial charge in [0, 0.05) is 27.7 Å². The van der Waals surface area contributed by atoms with Crippen molar-refractivity contribution in [1.29, 1.82) is 0 Å². The van der Waals surface area contributed by atoms with Gasteiger partial charge in [-0.2, -0.15) is 0 Å². The fourth-order valence-corrected chi connectivity index (χ4v) is 3.20. The monoisotopic (exact) mass is 467 g/mol. The lowest BCUT2D eigenvalue weighted by molar-refractivity contribution is -0.263. The molecule has 0 aromatic heterocycles. The number of carbonyl (C=O) groups is 5. The predicted octanol–water partition coefficient (Wildman–Crippen LogP) is 0.205. The van der Waals surface area contributed by atoms with Crippen molar-refractivity contribution in [3.8, 4) is 5.75 Å². The van der Waals surface area contributed by atoms with Crippen LogP contribution in [0.2, 0.25) is 0 Å². The summed E-state index contributed by atoms with van der Waals surface area (Å²) in [6.07, 6.45) is -5.42. The number of phenols is 1. The lowest BCUT2D eigenvalue weighted by atomic mass is 9.96. The van der Waals surface area contributed by atoms with E-state index >= 15 is 0 Å². The third-order valence-electron chi connectivity index (χ3n) is 4.38. The highest BCUT2D eigenvalue weighted by Gasteiger charge is 2.52. The highest BCUT2D eigenvalue weighted by Crippen LogP contribution is 2.28. The maximum Gasteiger partial charge on any atom is 0.340 e. The molecule has 0 unspecified atom stereocenters. The normalized spacial score (nSPS) is 24.2. The van der Waals surface area contributed by atoms with Crippen molar-refractivity contribution in [1.82, 2.24) is 5.32 Å². The van der Waals surface area contributed by atoms with E-state index in [2.05, 4.69) is 5.32 Å². The first kappa shape index (κ1) is 25.6. The molecule has 1 aromatic rings. The number of esters is 4. The maximum absolute atomic E-state index is 12.7. The van der Waals surface area contributed by atoms with Crippen LogP contribution in [0, 0.1) is 0 Å². The van der Waals surface area contributed by atoms with Crippen LogP contribution in [0.5, 0.6) is 5.75 Å². The maximum atomic E-state index is 12.7. The molecule has 1 heterocycles. The van der Waals surface area contributed by atoms with Crippen LogP contribution in [0.15, 0.2) is 24.3 Å². The molecule has 1 amide bonds. The van der Waals surface area contributed by atoms with E-state index in [0.29, 0.717) is 0 Å². The van der Waals surface area contributed by atoms with Crippen LogP contribution < -0.4 is 5.32 Å². The van der Waals surface area contributed by atoms with Gasteiger partial charge in [0.15, 0.2) is 12.2 Å². The molecule has 0 aliphatic carbocycles. The van der Waals surface area contributed by atoms with E-state index in [1.165, 1.54) is 25.1 Å². The van der Waals surface area contributed by atoms with Crippen LogP contribution in [0.4, 0.5) is 0 Å². The Labute approximate surface area is 189 Å². The number of ether oxygens (including phenoxy) is 5. The zero-order chi connectivity index (χ0) is 24.7. The van der Waals surface area contributed by atoms with Gasteiger partial charge in [-0.3, -0.25) is 19.2 Å². The highest BCUT2D eigenvalue weighted by molar-refractivity contribution is 5.90. The summed E-state index contributed by atoms with van der Waals surface area (Å²) in [7, 11) is 0. The average molecular weight is 467 g/mol. The summed E-state index contributed by atoms with van der Waals surface area (Å²) < 4.78 is 26.6. The smallest absolute Gasteiger partial charge is 0.340 e. The van der Waals surface area contributed by atoms with Gasteiger partial charge in [-0.15, -0.1) is 0 Å². The Morgan fingerprint density at radius 2 is 1.58 bits per heavy atom. The van der Waals surface area contributed by atoms with E-state index in [4.69, 9.17) is 23.7 Å². The van der Waals surface area contributed by atoms with Gasteiger partial charge in [-0.1, -0.05) is 6.07 Å². The van der Waals surface area contributed by atoms with Crippen LogP contribution in [-0.2, 0) is 42.9 Å². The number of aromatic hydroxyl groups is 1. The molecule has 12 nitrogen and oxygen atoms in total. The van der Waals surface area contributed by atoms with Crippen LogP contribution in [-0.4, -0.2) is 72.1 Å². The molecule has 0 bridgehead atoms.